The maximum absolute atomic E-state index is 11.1. The number of benzene rings is 1. The van der Waals surface area contributed by atoms with Crippen molar-refractivity contribution in [2.75, 3.05) is 12.8 Å². The number of nitrogens with two attached hydrogens (primary N) is 1. The molecule has 1 aromatic heterocycles. The second-order valence-electron chi connectivity index (χ2n) is 5.18. The zero-order chi connectivity index (χ0) is 14.9. The van der Waals surface area contributed by atoms with Gasteiger partial charge in [-0.25, -0.2) is 4.98 Å². The van der Waals surface area contributed by atoms with Gasteiger partial charge in [0.2, 0.25) is 6.41 Å². The normalized spacial score (nSPS) is 20.6. The number of nitrogens with zero attached hydrogens (tertiary/aromatic N) is 1. The van der Waals surface area contributed by atoms with E-state index >= 15 is 0 Å². The number of nitrogen functional groups attached to an aromatic ring is 1. The molecule has 2 aromatic rings. The minimum atomic E-state index is -0.441. The van der Waals surface area contributed by atoms with Crippen LogP contribution in [0.25, 0.3) is 0 Å². The summed E-state index contributed by atoms with van der Waals surface area (Å²) in [4.78, 5) is 16.8. The second-order valence-corrected chi connectivity index (χ2v) is 6.29. The minimum absolute atomic E-state index is 0.441. The maximum Gasteiger partial charge on any atom is 0.207 e. The molecule has 0 aliphatic heterocycles. The number of thiazole rings is 1. The highest BCUT2D eigenvalue weighted by Gasteiger charge is 2.37. The lowest BCUT2D eigenvalue weighted by Crippen LogP contribution is -2.46. The third-order valence-electron chi connectivity index (χ3n) is 4.00. The van der Waals surface area contributed by atoms with Crippen molar-refractivity contribution in [3.8, 4) is 5.75 Å². The zero-order valence-electron chi connectivity index (χ0n) is 11.8. The molecule has 0 radical (unpaired) electrons. The van der Waals surface area contributed by atoms with Crippen LogP contribution in [0, 0.1) is 0 Å². The van der Waals surface area contributed by atoms with Gasteiger partial charge >= 0.3 is 0 Å². The van der Waals surface area contributed by atoms with Crippen molar-refractivity contribution in [3.63, 3.8) is 0 Å². The van der Waals surface area contributed by atoms with Crippen molar-refractivity contribution in [1.29, 1.82) is 0 Å². The van der Waals surface area contributed by atoms with Crippen molar-refractivity contribution >= 4 is 22.9 Å². The molecule has 0 fully saturated rings. The smallest absolute Gasteiger partial charge is 0.207 e. The van der Waals surface area contributed by atoms with Crippen LogP contribution in [0.1, 0.15) is 22.6 Å². The van der Waals surface area contributed by atoms with Crippen LogP contribution in [0.15, 0.2) is 24.3 Å². The largest absolute Gasteiger partial charge is 0.497 e. The van der Waals surface area contributed by atoms with Crippen molar-refractivity contribution in [2.45, 2.75) is 24.8 Å². The van der Waals surface area contributed by atoms with Gasteiger partial charge in [-0.3, -0.25) is 4.79 Å². The monoisotopic (exact) mass is 303 g/mol. The van der Waals surface area contributed by atoms with Gasteiger partial charge in [-0.2, -0.15) is 0 Å². The summed E-state index contributed by atoms with van der Waals surface area (Å²) in [6.07, 6.45) is 3.11. The van der Waals surface area contributed by atoms with Gasteiger partial charge in [-0.05, 0) is 30.5 Å². The molecule has 0 saturated heterocycles. The molecule has 110 valence electrons. The zero-order valence-corrected chi connectivity index (χ0v) is 12.6. The van der Waals surface area contributed by atoms with Crippen LogP contribution in [0.4, 0.5) is 5.13 Å². The van der Waals surface area contributed by atoms with Crippen molar-refractivity contribution in [3.05, 3.63) is 40.4 Å². The van der Waals surface area contributed by atoms with Crippen molar-refractivity contribution in [2.24, 2.45) is 0 Å². The average Bonchev–Trinajstić information content (AvgIpc) is 2.86. The third-order valence-corrected chi connectivity index (χ3v) is 4.99. The lowest BCUT2D eigenvalue weighted by atomic mass is 9.77. The van der Waals surface area contributed by atoms with Crippen LogP contribution >= 0.6 is 11.3 Å². The first-order valence-corrected chi connectivity index (χ1v) is 7.58. The fourth-order valence-electron chi connectivity index (χ4n) is 2.92. The molecule has 0 bridgehead atoms. The van der Waals surface area contributed by atoms with Crippen molar-refractivity contribution in [1.82, 2.24) is 10.3 Å². The van der Waals surface area contributed by atoms with E-state index in [-0.39, 0.29) is 0 Å². The van der Waals surface area contributed by atoms with Gasteiger partial charge in [-0.15, -0.1) is 11.3 Å². The number of anilines is 1. The predicted molar refractivity (Wildman–Crippen MR) is 82.4 cm³/mol. The first kappa shape index (κ1) is 13.9. The fourth-order valence-corrected chi connectivity index (χ4v) is 3.77. The highest BCUT2D eigenvalue weighted by Crippen LogP contribution is 2.39. The Morgan fingerprint density at radius 2 is 2.38 bits per heavy atom. The van der Waals surface area contributed by atoms with Gasteiger partial charge in [0.1, 0.15) is 5.75 Å². The molecular weight excluding hydrogens is 286 g/mol. The number of carbonyl (C=O) groups excluding carboxylic acids is 1. The van der Waals surface area contributed by atoms with E-state index in [0.29, 0.717) is 11.6 Å². The van der Waals surface area contributed by atoms with E-state index < -0.39 is 5.54 Å². The van der Waals surface area contributed by atoms with Crippen LogP contribution in [0.3, 0.4) is 0 Å². The number of rotatable bonds is 4. The number of fused-ring (bicyclic) bond motifs is 1. The summed E-state index contributed by atoms with van der Waals surface area (Å²) >= 11 is 1.54. The molecule has 0 spiro atoms. The lowest BCUT2D eigenvalue weighted by Gasteiger charge is -2.36. The molecule has 21 heavy (non-hydrogen) atoms. The Bertz CT molecular complexity index is 671. The van der Waals surface area contributed by atoms with E-state index in [9.17, 15) is 4.79 Å². The Balaban J connectivity index is 2.02. The molecule has 1 aliphatic carbocycles. The molecule has 3 N–H and O–H groups in total. The highest BCUT2D eigenvalue weighted by molar-refractivity contribution is 7.15. The Labute approximate surface area is 127 Å². The predicted octanol–water partition coefficient (Wildman–Crippen LogP) is 1.86. The SMILES string of the molecule is COc1cccc(C2(NC=O)CCc3sc(N)nc3C2)c1. The number of methoxy groups -OCH3 is 1. The number of amides is 1. The Hall–Kier alpha value is -2.08. The number of ether oxygens (including phenoxy) is 1. The molecule has 1 aromatic carbocycles. The molecule has 5 nitrogen and oxygen atoms in total. The van der Waals surface area contributed by atoms with E-state index in [1.165, 1.54) is 16.2 Å². The van der Waals surface area contributed by atoms with E-state index in [0.717, 1.165) is 36.3 Å². The van der Waals surface area contributed by atoms with Gasteiger partial charge in [-0.1, -0.05) is 12.1 Å². The summed E-state index contributed by atoms with van der Waals surface area (Å²) in [7, 11) is 1.64. The number of carbonyl (C=O) groups is 1. The molecular formula is C15H17N3O2S. The summed E-state index contributed by atoms with van der Waals surface area (Å²) in [6.45, 7) is 0. The van der Waals surface area contributed by atoms with Crippen LogP contribution < -0.4 is 15.8 Å². The number of hydrogen-bond acceptors (Lipinski definition) is 5. The molecule has 1 unspecified atom stereocenters. The van der Waals surface area contributed by atoms with E-state index in [4.69, 9.17) is 10.5 Å². The van der Waals surface area contributed by atoms with Gasteiger partial charge in [0.05, 0.1) is 18.3 Å². The van der Waals surface area contributed by atoms with E-state index in [1.54, 1.807) is 7.11 Å². The topological polar surface area (TPSA) is 77.2 Å². The summed E-state index contributed by atoms with van der Waals surface area (Å²) in [6, 6.07) is 7.82. The molecule has 1 aliphatic rings. The maximum atomic E-state index is 11.1. The first-order valence-electron chi connectivity index (χ1n) is 6.77. The first-order chi connectivity index (χ1) is 10.2. The summed E-state index contributed by atoms with van der Waals surface area (Å²) in [5.74, 6) is 0.781. The number of nitrogens with one attached hydrogen (secondary N) is 1. The van der Waals surface area contributed by atoms with Gasteiger partial charge in [0.15, 0.2) is 5.13 Å². The quantitative estimate of drug-likeness (QED) is 0.845. The Morgan fingerprint density at radius 1 is 1.52 bits per heavy atom. The number of aryl methyl sites for hydroxylation is 1. The fraction of sp³-hybridized carbons (Fsp3) is 0.333. The van der Waals surface area contributed by atoms with Gasteiger partial charge in [0.25, 0.3) is 0 Å². The molecule has 1 amide bonds. The summed E-state index contributed by atoms with van der Waals surface area (Å²) in [5.41, 5.74) is 7.38. The second kappa shape index (κ2) is 5.37. The van der Waals surface area contributed by atoms with Crippen molar-refractivity contribution < 1.29 is 9.53 Å². The van der Waals surface area contributed by atoms with Crippen LogP contribution in [-0.4, -0.2) is 18.5 Å². The summed E-state index contributed by atoms with van der Waals surface area (Å²) < 4.78 is 5.29. The molecule has 1 heterocycles. The molecule has 3 rings (SSSR count). The van der Waals surface area contributed by atoms with E-state index in [2.05, 4.69) is 10.3 Å². The highest BCUT2D eigenvalue weighted by atomic mass is 32.1. The number of aromatic nitrogens is 1. The molecule has 1 atom stereocenters. The van der Waals surface area contributed by atoms with Gasteiger partial charge < -0.3 is 15.8 Å². The molecule has 6 heteroatoms. The minimum Gasteiger partial charge on any atom is -0.497 e. The molecule has 0 saturated carbocycles. The summed E-state index contributed by atoms with van der Waals surface area (Å²) in [5, 5.41) is 3.59. The van der Waals surface area contributed by atoms with Gasteiger partial charge in [0, 0.05) is 11.3 Å². The van der Waals surface area contributed by atoms with Crippen LogP contribution in [0.5, 0.6) is 5.75 Å². The standard InChI is InChI=1S/C15H17N3O2S/c1-20-11-4-2-3-10(7-11)15(17-9-19)6-5-13-12(8-15)18-14(16)21-13/h2-4,7,9H,5-6,8H2,1H3,(H2,16,18)(H,17,19). The van der Waals surface area contributed by atoms with Crippen LogP contribution in [-0.2, 0) is 23.2 Å². The van der Waals surface area contributed by atoms with Crippen LogP contribution in [0.2, 0.25) is 0 Å². The lowest BCUT2D eigenvalue weighted by molar-refractivity contribution is -0.111. The number of hydrogen-bond donors (Lipinski definition) is 2. The van der Waals surface area contributed by atoms with E-state index in [1.807, 2.05) is 24.3 Å². The third kappa shape index (κ3) is 2.47. The Morgan fingerprint density at radius 3 is 3.14 bits per heavy atom. The Kier molecular flexibility index (Phi) is 3.55. The average molecular weight is 303 g/mol.